The van der Waals surface area contributed by atoms with Crippen LogP contribution in [-0.4, -0.2) is 34.9 Å². The van der Waals surface area contributed by atoms with E-state index in [1.165, 1.54) is 17.7 Å². The Balaban J connectivity index is 1.64. The maximum absolute atomic E-state index is 11.6. The largest absolute Gasteiger partial charge is 0.508 e. The van der Waals surface area contributed by atoms with Crippen LogP contribution in [0, 0.1) is 0 Å². The standard InChI is InChI=1S/C19H22N2O4S/c1-11(7-12-3-5-14(25-2)6-4-12)20-10-17(23)15-8-13(22)9-16-18(15)26-19(24)21-16/h3-6,8-9,11,17,20,22-23H,7,10H2,1-2H3,(H,21,24). The van der Waals surface area contributed by atoms with E-state index in [9.17, 15) is 15.0 Å². The number of nitrogens with one attached hydrogen (secondary N) is 2. The van der Waals surface area contributed by atoms with Crippen LogP contribution in [-0.2, 0) is 6.42 Å². The van der Waals surface area contributed by atoms with Gasteiger partial charge < -0.3 is 25.3 Å². The first-order valence-corrected chi connectivity index (χ1v) is 9.18. The first kappa shape index (κ1) is 18.4. The highest BCUT2D eigenvalue weighted by Crippen LogP contribution is 2.29. The van der Waals surface area contributed by atoms with E-state index in [4.69, 9.17) is 4.74 Å². The van der Waals surface area contributed by atoms with E-state index < -0.39 is 6.10 Å². The van der Waals surface area contributed by atoms with Crippen LogP contribution in [0.4, 0.5) is 0 Å². The van der Waals surface area contributed by atoms with Crippen molar-refractivity contribution in [1.29, 1.82) is 0 Å². The highest BCUT2D eigenvalue weighted by atomic mass is 32.1. The fourth-order valence-corrected chi connectivity index (χ4v) is 3.81. The smallest absolute Gasteiger partial charge is 0.305 e. The second-order valence-corrected chi connectivity index (χ2v) is 7.29. The minimum Gasteiger partial charge on any atom is -0.508 e. The maximum Gasteiger partial charge on any atom is 0.305 e. The minimum absolute atomic E-state index is 0.0203. The van der Waals surface area contributed by atoms with Crippen molar-refractivity contribution >= 4 is 21.6 Å². The molecule has 4 N–H and O–H groups in total. The summed E-state index contributed by atoms with van der Waals surface area (Å²) in [6.45, 7) is 2.37. The van der Waals surface area contributed by atoms with Crippen molar-refractivity contribution in [2.45, 2.75) is 25.5 Å². The van der Waals surface area contributed by atoms with Gasteiger partial charge in [-0.1, -0.05) is 23.5 Å². The van der Waals surface area contributed by atoms with Gasteiger partial charge in [0.2, 0.25) is 0 Å². The van der Waals surface area contributed by atoms with Crippen molar-refractivity contribution in [2.24, 2.45) is 0 Å². The molecule has 0 saturated carbocycles. The molecule has 6 nitrogen and oxygen atoms in total. The summed E-state index contributed by atoms with van der Waals surface area (Å²) >= 11 is 1.03. The number of aromatic hydroxyl groups is 1. The molecule has 0 fully saturated rings. The third-order valence-electron chi connectivity index (χ3n) is 4.25. The summed E-state index contributed by atoms with van der Waals surface area (Å²) in [4.78, 5) is 14.0. The highest BCUT2D eigenvalue weighted by Gasteiger charge is 2.16. The Hall–Kier alpha value is -2.35. The average molecular weight is 374 g/mol. The summed E-state index contributed by atoms with van der Waals surface area (Å²) in [7, 11) is 1.64. The predicted molar refractivity (Wildman–Crippen MR) is 103 cm³/mol. The van der Waals surface area contributed by atoms with Gasteiger partial charge in [-0.15, -0.1) is 0 Å². The van der Waals surface area contributed by atoms with Gasteiger partial charge in [0, 0.05) is 24.2 Å². The lowest BCUT2D eigenvalue weighted by molar-refractivity contribution is 0.172. The summed E-state index contributed by atoms with van der Waals surface area (Å²) in [6, 6.07) is 11.0. The molecular formula is C19H22N2O4S. The molecule has 0 saturated heterocycles. The normalized spacial score (nSPS) is 13.7. The quantitative estimate of drug-likeness (QED) is 0.510. The Morgan fingerprint density at radius 1 is 1.27 bits per heavy atom. The van der Waals surface area contributed by atoms with Gasteiger partial charge in [-0.05, 0) is 37.1 Å². The van der Waals surface area contributed by atoms with Crippen LogP contribution in [0.25, 0.3) is 10.2 Å². The molecule has 0 aliphatic rings. The number of benzene rings is 2. The molecule has 0 spiro atoms. The molecule has 1 aromatic heterocycles. The summed E-state index contributed by atoms with van der Waals surface area (Å²) in [5, 5.41) is 23.7. The van der Waals surface area contributed by atoms with Crippen molar-refractivity contribution < 1.29 is 14.9 Å². The molecule has 1 heterocycles. The van der Waals surface area contributed by atoms with Crippen LogP contribution in [0.15, 0.2) is 41.2 Å². The van der Waals surface area contributed by atoms with E-state index in [1.807, 2.05) is 31.2 Å². The van der Waals surface area contributed by atoms with Gasteiger partial charge in [-0.2, -0.15) is 0 Å². The third kappa shape index (κ3) is 4.24. The van der Waals surface area contributed by atoms with E-state index >= 15 is 0 Å². The van der Waals surface area contributed by atoms with Crippen molar-refractivity contribution in [3.8, 4) is 11.5 Å². The fourth-order valence-electron chi connectivity index (χ4n) is 2.93. The maximum atomic E-state index is 11.6. The fraction of sp³-hybridized carbons (Fsp3) is 0.316. The highest BCUT2D eigenvalue weighted by molar-refractivity contribution is 7.16. The van der Waals surface area contributed by atoms with Gasteiger partial charge >= 0.3 is 4.87 Å². The molecule has 2 unspecified atom stereocenters. The van der Waals surface area contributed by atoms with E-state index in [0.717, 1.165) is 23.5 Å². The first-order valence-electron chi connectivity index (χ1n) is 8.36. The van der Waals surface area contributed by atoms with Crippen molar-refractivity contribution in [3.63, 3.8) is 0 Å². The van der Waals surface area contributed by atoms with Crippen LogP contribution in [0.3, 0.4) is 0 Å². The minimum atomic E-state index is -0.825. The summed E-state index contributed by atoms with van der Waals surface area (Å²) < 4.78 is 5.83. The number of aromatic amines is 1. The molecule has 0 amide bonds. The van der Waals surface area contributed by atoms with E-state index in [2.05, 4.69) is 10.3 Å². The van der Waals surface area contributed by atoms with E-state index in [0.29, 0.717) is 22.3 Å². The van der Waals surface area contributed by atoms with Crippen LogP contribution in [0.5, 0.6) is 11.5 Å². The molecule has 2 aromatic carbocycles. The van der Waals surface area contributed by atoms with Gasteiger partial charge in [0.1, 0.15) is 11.5 Å². The van der Waals surface area contributed by atoms with E-state index in [1.54, 1.807) is 7.11 Å². The number of methoxy groups -OCH3 is 1. The summed E-state index contributed by atoms with van der Waals surface area (Å²) in [5.74, 6) is 0.843. The average Bonchev–Trinajstić information content (AvgIpc) is 2.99. The molecule has 138 valence electrons. The van der Waals surface area contributed by atoms with Gasteiger partial charge in [0.15, 0.2) is 0 Å². The first-order chi connectivity index (χ1) is 12.5. The topological polar surface area (TPSA) is 94.6 Å². The molecule has 2 atom stereocenters. The Morgan fingerprint density at radius 3 is 2.69 bits per heavy atom. The molecule has 3 rings (SSSR count). The Bertz CT molecular complexity index is 933. The number of hydrogen-bond donors (Lipinski definition) is 4. The van der Waals surface area contributed by atoms with Crippen molar-refractivity contribution in [2.75, 3.05) is 13.7 Å². The zero-order chi connectivity index (χ0) is 18.7. The molecule has 0 aliphatic heterocycles. The Labute approximate surface area is 155 Å². The molecule has 0 radical (unpaired) electrons. The second-order valence-electron chi connectivity index (χ2n) is 6.30. The number of hydrogen-bond acceptors (Lipinski definition) is 6. The lowest BCUT2D eigenvalue weighted by Crippen LogP contribution is -2.32. The number of fused-ring (bicyclic) bond motifs is 1. The summed E-state index contributed by atoms with van der Waals surface area (Å²) in [6.07, 6.45) is -0.0155. The number of aromatic nitrogens is 1. The number of ether oxygens (including phenoxy) is 1. The second kappa shape index (κ2) is 7.90. The number of thiazole rings is 1. The Morgan fingerprint density at radius 2 is 2.00 bits per heavy atom. The molecule has 26 heavy (non-hydrogen) atoms. The molecule has 0 aliphatic carbocycles. The van der Waals surface area contributed by atoms with E-state index in [-0.39, 0.29) is 16.7 Å². The SMILES string of the molecule is COc1ccc(CC(C)NCC(O)c2cc(O)cc3[nH]c(=O)sc23)cc1. The lowest BCUT2D eigenvalue weighted by atomic mass is 10.1. The predicted octanol–water partition coefficient (Wildman–Crippen LogP) is 2.56. The van der Waals surface area contributed by atoms with Crippen molar-refractivity contribution in [3.05, 3.63) is 57.2 Å². The number of phenols is 1. The number of aliphatic hydroxyl groups is 1. The summed E-state index contributed by atoms with van der Waals surface area (Å²) in [5.41, 5.74) is 2.26. The number of rotatable bonds is 7. The molecule has 3 aromatic rings. The van der Waals surface area contributed by atoms with Gasteiger partial charge in [0.05, 0.1) is 23.4 Å². The third-order valence-corrected chi connectivity index (χ3v) is 5.20. The Kier molecular flexibility index (Phi) is 5.61. The lowest BCUT2D eigenvalue weighted by Gasteiger charge is -2.18. The van der Waals surface area contributed by atoms with Crippen LogP contribution in [0.2, 0.25) is 0 Å². The van der Waals surface area contributed by atoms with Crippen LogP contribution >= 0.6 is 11.3 Å². The zero-order valence-electron chi connectivity index (χ0n) is 14.7. The molecular weight excluding hydrogens is 352 g/mol. The molecule has 7 heteroatoms. The number of H-pyrrole nitrogens is 1. The number of phenolic OH excluding ortho intramolecular Hbond substituents is 1. The van der Waals surface area contributed by atoms with Gasteiger partial charge in [-0.3, -0.25) is 4.79 Å². The monoisotopic (exact) mass is 374 g/mol. The van der Waals surface area contributed by atoms with Crippen molar-refractivity contribution in [1.82, 2.24) is 10.3 Å². The molecule has 0 bridgehead atoms. The van der Waals surface area contributed by atoms with Crippen LogP contribution in [0.1, 0.15) is 24.2 Å². The van der Waals surface area contributed by atoms with Gasteiger partial charge in [-0.25, -0.2) is 0 Å². The zero-order valence-corrected chi connectivity index (χ0v) is 15.5. The number of aliphatic hydroxyl groups excluding tert-OH is 1. The van der Waals surface area contributed by atoms with Crippen LogP contribution < -0.4 is 14.9 Å². The van der Waals surface area contributed by atoms with Gasteiger partial charge in [0.25, 0.3) is 0 Å².